The first-order valence-corrected chi connectivity index (χ1v) is 8.19. The Morgan fingerprint density at radius 1 is 1.12 bits per heavy atom. The Balaban J connectivity index is 2.05. The summed E-state index contributed by atoms with van der Waals surface area (Å²) in [7, 11) is 3.29. The second-order valence-corrected chi connectivity index (χ2v) is 6.17. The van der Waals surface area contributed by atoms with Crippen molar-refractivity contribution in [2.75, 3.05) is 33.9 Å². The fraction of sp³-hybridized carbons (Fsp3) is 0.350. The van der Waals surface area contributed by atoms with Gasteiger partial charge in [-0.25, -0.2) is 0 Å². The molecule has 134 valence electrons. The first-order chi connectivity index (χ1) is 11.9. The van der Waals surface area contributed by atoms with Crippen molar-refractivity contribution in [2.45, 2.75) is 12.5 Å². The molecule has 2 rings (SSSR count). The number of carbonyl (C=O) groups is 1. The van der Waals surface area contributed by atoms with Crippen LogP contribution in [0.3, 0.4) is 0 Å². The number of benzene rings is 2. The third-order valence-corrected chi connectivity index (χ3v) is 3.92. The van der Waals surface area contributed by atoms with E-state index < -0.39 is 5.60 Å². The largest absolute Gasteiger partial charge is 0.491 e. The molecule has 1 unspecified atom stereocenters. The highest BCUT2D eigenvalue weighted by Crippen LogP contribution is 2.22. The number of hydrogen-bond acceptors (Lipinski definition) is 4. The minimum Gasteiger partial charge on any atom is -0.491 e. The van der Waals surface area contributed by atoms with Gasteiger partial charge >= 0.3 is 0 Å². The Morgan fingerprint density at radius 2 is 1.84 bits per heavy atom. The number of carbonyl (C=O) groups excluding carboxylic acids is 1. The maximum Gasteiger partial charge on any atom is 0.253 e. The Labute approximate surface area is 148 Å². The van der Waals surface area contributed by atoms with Crippen LogP contribution in [0.15, 0.2) is 54.6 Å². The molecule has 0 aliphatic rings. The molecule has 0 radical (unpaired) electrons. The van der Waals surface area contributed by atoms with Crippen LogP contribution in [0.5, 0.6) is 5.75 Å². The second-order valence-electron chi connectivity index (χ2n) is 6.17. The van der Waals surface area contributed by atoms with E-state index in [0.717, 1.165) is 5.56 Å². The molecule has 0 heterocycles. The fourth-order valence-electron chi connectivity index (χ4n) is 2.60. The maximum atomic E-state index is 12.7. The van der Waals surface area contributed by atoms with Crippen molar-refractivity contribution < 1.29 is 19.4 Å². The number of rotatable bonds is 8. The van der Waals surface area contributed by atoms with Gasteiger partial charge in [0.1, 0.15) is 18.0 Å². The summed E-state index contributed by atoms with van der Waals surface area (Å²) in [5, 5.41) is 10.7. The van der Waals surface area contributed by atoms with Crippen LogP contribution in [0.1, 0.15) is 22.8 Å². The quantitative estimate of drug-likeness (QED) is 0.749. The smallest absolute Gasteiger partial charge is 0.253 e. The number of nitrogens with zero attached hydrogens (tertiary/aromatic N) is 1. The lowest BCUT2D eigenvalue weighted by Crippen LogP contribution is -2.40. The van der Waals surface area contributed by atoms with Gasteiger partial charge in [-0.1, -0.05) is 36.4 Å². The van der Waals surface area contributed by atoms with Crippen LogP contribution in [0.4, 0.5) is 0 Å². The molecule has 0 saturated carbocycles. The van der Waals surface area contributed by atoms with Crippen LogP contribution >= 0.6 is 0 Å². The summed E-state index contributed by atoms with van der Waals surface area (Å²) in [4.78, 5) is 14.2. The predicted molar refractivity (Wildman–Crippen MR) is 96.8 cm³/mol. The highest BCUT2D eigenvalue weighted by molar-refractivity contribution is 5.94. The number of amides is 1. The maximum absolute atomic E-state index is 12.7. The molecule has 0 saturated heterocycles. The summed E-state index contributed by atoms with van der Waals surface area (Å²) in [5.41, 5.74) is 0.158. The van der Waals surface area contributed by atoms with Crippen molar-refractivity contribution in [1.29, 1.82) is 0 Å². The van der Waals surface area contributed by atoms with Gasteiger partial charge in [0.25, 0.3) is 5.91 Å². The summed E-state index contributed by atoms with van der Waals surface area (Å²) in [6.07, 6.45) is 0. The molecule has 0 fully saturated rings. The topological polar surface area (TPSA) is 59.0 Å². The summed E-state index contributed by atoms with van der Waals surface area (Å²) in [6, 6.07) is 16.3. The van der Waals surface area contributed by atoms with E-state index in [0.29, 0.717) is 24.5 Å². The average Bonchev–Trinajstić information content (AvgIpc) is 2.62. The molecule has 5 heteroatoms. The van der Waals surface area contributed by atoms with Crippen molar-refractivity contribution in [3.05, 3.63) is 65.7 Å². The molecule has 2 aromatic rings. The first kappa shape index (κ1) is 19.0. The molecule has 1 atom stereocenters. The molecule has 5 nitrogen and oxygen atoms in total. The standard InChI is InChI=1S/C20H25NO4/c1-20(23,17-9-5-4-6-10-17)15-21(2)19(22)16-8-7-11-18(14-16)25-13-12-24-3/h4-11,14,23H,12-13,15H2,1-3H3. The summed E-state index contributed by atoms with van der Waals surface area (Å²) in [5.74, 6) is 0.444. The van der Waals surface area contributed by atoms with Gasteiger partial charge in [-0.3, -0.25) is 4.79 Å². The third-order valence-electron chi connectivity index (χ3n) is 3.92. The van der Waals surface area contributed by atoms with Crippen LogP contribution < -0.4 is 4.74 Å². The lowest BCUT2D eigenvalue weighted by Gasteiger charge is -2.29. The van der Waals surface area contributed by atoms with E-state index in [1.165, 1.54) is 4.90 Å². The molecule has 0 spiro atoms. The molecular formula is C20H25NO4. The molecule has 0 aliphatic heterocycles. The monoisotopic (exact) mass is 343 g/mol. The lowest BCUT2D eigenvalue weighted by atomic mass is 9.95. The van der Waals surface area contributed by atoms with E-state index >= 15 is 0 Å². The normalized spacial score (nSPS) is 13.1. The number of hydrogen-bond donors (Lipinski definition) is 1. The van der Waals surface area contributed by atoms with Gasteiger partial charge in [0.15, 0.2) is 0 Å². The third kappa shape index (κ3) is 5.31. The zero-order valence-electron chi connectivity index (χ0n) is 14.9. The molecule has 1 amide bonds. The van der Waals surface area contributed by atoms with Crippen LogP contribution in [0.2, 0.25) is 0 Å². The molecule has 1 N–H and O–H groups in total. The number of aliphatic hydroxyl groups is 1. The van der Waals surface area contributed by atoms with Crippen LogP contribution in [0.25, 0.3) is 0 Å². The van der Waals surface area contributed by atoms with E-state index in [1.54, 1.807) is 45.3 Å². The predicted octanol–water partition coefficient (Wildman–Crippen LogP) is 2.69. The lowest BCUT2D eigenvalue weighted by molar-refractivity contribution is 0.0213. The molecule has 0 bridgehead atoms. The minimum absolute atomic E-state index is 0.173. The number of ether oxygens (including phenoxy) is 2. The van der Waals surface area contributed by atoms with Crippen molar-refractivity contribution in [3.8, 4) is 5.75 Å². The Morgan fingerprint density at radius 3 is 2.52 bits per heavy atom. The molecule has 2 aromatic carbocycles. The molecular weight excluding hydrogens is 318 g/mol. The Kier molecular flexibility index (Phi) is 6.56. The van der Waals surface area contributed by atoms with E-state index in [9.17, 15) is 9.90 Å². The fourth-order valence-corrected chi connectivity index (χ4v) is 2.60. The molecule has 0 aromatic heterocycles. The summed E-state index contributed by atoms with van der Waals surface area (Å²) in [6.45, 7) is 2.80. The number of likely N-dealkylation sites (N-methyl/N-ethyl adjacent to an activating group) is 1. The zero-order valence-corrected chi connectivity index (χ0v) is 14.9. The van der Waals surface area contributed by atoms with Crippen LogP contribution in [0, 0.1) is 0 Å². The van der Waals surface area contributed by atoms with Gasteiger partial charge < -0.3 is 19.5 Å². The highest BCUT2D eigenvalue weighted by Gasteiger charge is 2.27. The van der Waals surface area contributed by atoms with Gasteiger partial charge in [-0.2, -0.15) is 0 Å². The molecule has 25 heavy (non-hydrogen) atoms. The van der Waals surface area contributed by atoms with Crippen LogP contribution in [-0.2, 0) is 10.3 Å². The van der Waals surface area contributed by atoms with Gasteiger partial charge in [-0.15, -0.1) is 0 Å². The average molecular weight is 343 g/mol. The van der Waals surface area contributed by atoms with Crippen molar-refractivity contribution >= 4 is 5.91 Å². The SMILES string of the molecule is COCCOc1cccc(C(=O)N(C)CC(C)(O)c2ccccc2)c1. The van der Waals surface area contributed by atoms with Crippen molar-refractivity contribution in [3.63, 3.8) is 0 Å². The highest BCUT2D eigenvalue weighted by atomic mass is 16.5. The van der Waals surface area contributed by atoms with E-state index in [2.05, 4.69) is 0 Å². The van der Waals surface area contributed by atoms with Crippen molar-refractivity contribution in [2.24, 2.45) is 0 Å². The Hall–Kier alpha value is -2.37. The van der Waals surface area contributed by atoms with Gasteiger partial charge in [0.2, 0.25) is 0 Å². The van der Waals surface area contributed by atoms with Gasteiger partial charge in [-0.05, 0) is 30.7 Å². The van der Waals surface area contributed by atoms with E-state index in [4.69, 9.17) is 9.47 Å². The summed E-state index contributed by atoms with van der Waals surface area (Å²) >= 11 is 0. The zero-order chi connectivity index (χ0) is 18.3. The second kappa shape index (κ2) is 8.65. The summed E-state index contributed by atoms with van der Waals surface area (Å²) < 4.78 is 10.5. The van der Waals surface area contributed by atoms with E-state index in [1.807, 2.05) is 30.3 Å². The Bertz CT molecular complexity index is 685. The first-order valence-electron chi connectivity index (χ1n) is 8.19. The minimum atomic E-state index is -1.13. The van der Waals surface area contributed by atoms with Crippen molar-refractivity contribution in [1.82, 2.24) is 4.90 Å². The molecule has 0 aliphatic carbocycles. The van der Waals surface area contributed by atoms with E-state index in [-0.39, 0.29) is 12.5 Å². The van der Waals surface area contributed by atoms with Crippen LogP contribution in [-0.4, -0.2) is 49.8 Å². The van der Waals surface area contributed by atoms with Gasteiger partial charge in [0, 0.05) is 19.7 Å². The van der Waals surface area contributed by atoms with Gasteiger partial charge in [0.05, 0.1) is 13.2 Å². The number of methoxy groups -OCH3 is 1.